The summed E-state index contributed by atoms with van der Waals surface area (Å²) in [6, 6.07) is 2.38. The summed E-state index contributed by atoms with van der Waals surface area (Å²) in [5, 5.41) is 12.0. The van der Waals surface area contributed by atoms with Crippen molar-refractivity contribution in [3.63, 3.8) is 0 Å². The molecule has 1 saturated heterocycles. The normalized spacial score (nSPS) is 28.2. The number of thiophene rings is 1. The minimum atomic E-state index is -0.221. The zero-order chi connectivity index (χ0) is 12.4. The third kappa shape index (κ3) is 3.09. The van der Waals surface area contributed by atoms with Crippen molar-refractivity contribution in [2.75, 3.05) is 19.6 Å². The fraction of sp³-hybridized carbons (Fsp3) is 0.667. The topological polar surface area (TPSA) is 49.5 Å². The molecule has 0 bridgehead atoms. The predicted octanol–water partition coefficient (Wildman–Crippen LogP) is 2.21. The highest BCUT2D eigenvalue weighted by molar-refractivity contribution is 9.10. The fourth-order valence-corrected chi connectivity index (χ4v) is 3.90. The lowest BCUT2D eigenvalue weighted by molar-refractivity contribution is 0.0117. The van der Waals surface area contributed by atoms with Crippen LogP contribution in [0.2, 0.25) is 0 Å². The number of nitrogens with zero attached hydrogens (tertiary/aromatic N) is 1. The molecule has 1 aromatic rings. The zero-order valence-corrected chi connectivity index (χ0v) is 12.4. The van der Waals surface area contributed by atoms with Crippen LogP contribution >= 0.6 is 27.3 Å². The summed E-state index contributed by atoms with van der Waals surface area (Å²) in [5.74, 6) is 0.403. The van der Waals surface area contributed by atoms with Crippen molar-refractivity contribution in [2.45, 2.75) is 25.5 Å². The van der Waals surface area contributed by atoms with Crippen molar-refractivity contribution in [1.29, 1.82) is 0 Å². The summed E-state index contributed by atoms with van der Waals surface area (Å²) in [6.45, 7) is 4.48. The summed E-state index contributed by atoms with van der Waals surface area (Å²) < 4.78 is 1.11. The van der Waals surface area contributed by atoms with E-state index in [0.717, 1.165) is 24.0 Å². The second-order valence-corrected chi connectivity index (χ2v) is 6.61. The molecule has 96 valence electrons. The predicted molar refractivity (Wildman–Crippen MR) is 75.2 cm³/mol. The molecule has 0 aliphatic carbocycles. The lowest BCUT2D eigenvalue weighted by Gasteiger charge is -2.38. The molecule has 0 amide bonds. The molecule has 3 N–H and O–H groups in total. The second kappa shape index (κ2) is 5.80. The van der Waals surface area contributed by atoms with Crippen LogP contribution in [0.15, 0.2) is 15.9 Å². The highest BCUT2D eigenvalue weighted by atomic mass is 79.9. The average Bonchev–Trinajstić information content (AvgIpc) is 2.71. The number of hydrogen-bond acceptors (Lipinski definition) is 4. The molecule has 0 aromatic carbocycles. The van der Waals surface area contributed by atoms with Crippen LogP contribution in [0.25, 0.3) is 0 Å². The van der Waals surface area contributed by atoms with Gasteiger partial charge >= 0.3 is 0 Å². The van der Waals surface area contributed by atoms with Crippen LogP contribution in [0.4, 0.5) is 0 Å². The largest absolute Gasteiger partial charge is 0.392 e. The van der Waals surface area contributed by atoms with Crippen molar-refractivity contribution in [2.24, 2.45) is 11.7 Å². The van der Waals surface area contributed by atoms with Gasteiger partial charge in [0.15, 0.2) is 0 Å². The maximum atomic E-state index is 9.96. The lowest BCUT2D eigenvalue weighted by Crippen LogP contribution is -2.46. The number of halogens is 1. The molecule has 2 heterocycles. The van der Waals surface area contributed by atoms with Crippen LogP contribution in [-0.4, -0.2) is 35.7 Å². The number of rotatable bonds is 3. The van der Waals surface area contributed by atoms with Gasteiger partial charge in [0.05, 0.1) is 12.1 Å². The first-order valence-corrected chi connectivity index (χ1v) is 7.65. The quantitative estimate of drug-likeness (QED) is 0.898. The lowest BCUT2D eigenvalue weighted by atomic mass is 9.94. The Morgan fingerprint density at radius 1 is 1.71 bits per heavy atom. The Morgan fingerprint density at radius 2 is 2.47 bits per heavy atom. The maximum Gasteiger partial charge on any atom is 0.0693 e. The van der Waals surface area contributed by atoms with Gasteiger partial charge in [-0.05, 0) is 40.9 Å². The summed E-state index contributed by atoms with van der Waals surface area (Å²) in [7, 11) is 0. The van der Waals surface area contributed by atoms with E-state index in [2.05, 4.69) is 39.2 Å². The summed E-state index contributed by atoms with van der Waals surface area (Å²) in [5.41, 5.74) is 5.89. The van der Waals surface area contributed by atoms with Gasteiger partial charge in [0, 0.05) is 27.8 Å². The molecule has 1 aliphatic rings. The van der Waals surface area contributed by atoms with E-state index < -0.39 is 0 Å². The van der Waals surface area contributed by atoms with Crippen molar-refractivity contribution >= 4 is 27.3 Å². The molecular weight excluding hydrogens is 300 g/mol. The number of likely N-dealkylation sites (tertiary alicyclic amines) is 1. The molecule has 0 saturated carbocycles. The second-order valence-electron chi connectivity index (χ2n) is 4.75. The van der Waals surface area contributed by atoms with E-state index >= 15 is 0 Å². The number of piperidine rings is 1. The van der Waals surface area contributed by atoms with E-state index in [1.54, 1.807) is 11.3 Å². The van der Waals surface area contributed by atoms with Crippen LogP contribution < -0.4 is 5.73 Å². The Labute approximate surface area is 115 Å². The third-order valence-corrected chi connectivity index (χ3v) is 5.33. The molecule has 3 unspecified atom stereocenters. The maximum absolute atomic E-state index is 9.96. The number of aliphatic hydroxyl groups is 1. The van der Waals surface area contributed by atoms with Crippen molar-refractivity contribution in [1.82, 2.24) is 4.90 Å². The van der Waals surface area contributed by atoms with Gasteiger partial charge in [0.25, 0.3) is 0 Å². The van der Waals surface area contributed by atoms with Crippen molar-refractivity contribution in [3.05, 3.63) is 20.8 Å². The van der Waals surface area contributed by atoms with Gasteiger partial charge in [-0.1, -0.05) is 6.92 Å². The smallest absolute Gasteiger partial charge is 0.0693 e. The van der Waals surface area contributed by atoms with Crippen molar-refractivity contribution < 1.29 is 5.11 Å². The van der Waals surface area contributed by atoms with Gasteiger partial charge in [-0.3, -0.25) is 4.90 Å². The van der Waals surface area contributed by atoms with Crippen LogP contribution in [-0.2, 0) is 0 Å². The molecule has 2 rings (SSSR count). The molecule has 3 atom stereocenters. The van der Waals surface area contributed by atoms with Crippen LogP contribution in [0, 0.1) is 5.92 Å². The molecule has 17 heavy (non-hydrogen) atoms. The van der Waals surface area contributed by atoms with Gasteiger partial charge in [-0.2, -0.15) is 0 Å². The van der Waals surface area contributed by atoms with Crippen LogP contribution in [0.5, 0.6) is 0 Å². The first kappa shape index (κ1) is 13.5. The highest BCUT2D eigenvalue weighted by Crippen LogP contribution is 2.31. The minimum absolute atomic E-state index is 0.221. The van der Waals surface area contributed by atoms with E-state index in [1.165, 1.54) is 4.88 Å². The molecule has 0 radical (unpaired) electrons. The fourth-order valence-electron chi connectivity index (χ4n) is 2.30. The van der Waals surface area contributed by atoms with E-state index in [0.29, 0.717) is 12.5 Å². The summed E-state index contributed by atoms with van der Waals surface area (Å²) in [6.07, 6.45) is 0.825. The first-order chi connectivity index (χ1) is 8.11. The molecule has 1 aromatic heterocycles. The van der Waals surface area contributed by atoms with E-state index in [4.69, 9.17) is 5.73 Å². The minimum Gasteiger partial charge on any atom is -0.392 e. The monoisotopic (exact) mass is 318 g/mol. The van der Waals surface area contributed by atoms with Crippen molar-refractivity contribution in [3.8, 4) is 0 Å². The molecule has 1 fully saturated rings. The molecule has 3 nitrogen and oxygen atoms in total. The Balaban J connectivity index is 2.08. The van der Waals surface area contributed by atoms with Gasteiger partial charge in [0.2, 0.25) is 0 Å². The number of aliphatic hydroxyl groups excluding tert-OH is 1. The highest BCUT2D eigenvalue weighted by Gasteiger charge is 2.29. The van der Waals surface area contributed by atoms with E-state index in [1.807, 2.05) is 0 Å². The Bertz CT molecular complexity index is 371. The Morgan fingerprint density at radius 3 is 3.00 bits per heavy atom. The van der Waals surface area contributed by atoms with E-state index in [-0.39, 0.29) is 12.1 Å². The zero-order valence-electron chi connectivity index (χ0n) is 9.97. The average molecular weight is 319 g/mol. The van der Waals surface area contributed by atoms with Gasteiger partial charge in [-0.25, -0.2) is 0 Å². The van der Waals surface area contributed by atoms with Gasteiger partial charge in [-0.15, -0.1) is 11.3 Å². The van der Waals surface area contributed by atoms with E-state index in [9.17, 15) is 5.11 Å². The molecule has 1 aliphatic heterocycles. The number of β-amino-alcohol motifs (C(OH)–C–C–N with tert-alkyl or cyclic N) is 1. The standard InChI is InChI=1S/C12H19BrN2OS/c1-8-2-3-15(6-11(8)16)10(5-14)12-4-9(13)7-17-12/h4,7-8,10-11,16H,2-3,5-6,14H2,1H3. The first-order valence-electron chi connectivity index (χ1n) is 5.98. The number of nitrogens with two attached hydrogens (primary N) is 1. The third-order valence-electron chi connectivity index (χ3n) is 3.53. The molecule has 0 spiro atoms. The summed E-state index contributed by atoms with van der Waals surface area (Å²) >= 11 is 5.20. The van der Waals surface area contributed by atoms with Gasteiger partial charge in [0.1, 0.15) is 0 Å². The Kier molecular flexibility index (Phi) is 4.60. The summed E-state index contributed by atoms with van der Waals surface area (Å²) in [4.78, 5) is 3.59. The molecular formula is C12H19BrN2OS. The SMILES string of the molecule is CC1CCN(C(CN)c2cc(Br)cs2)CC1O. The van der Waals surface area contributed by atoms with Crippen LogP contribution in [0.1, 0.15) is 24.3 Å². The number of hydrogen-bond donors (Lipinski definition) is 2. The van der Waals surface area contributed by atoms with Crippen LogP contribution in [0.3, 0.4) is 0 Å². The molecule has 5 heteroatoms. The Hall–Kier alpha value is 0.0600. The van der Waals surface area contributed by atoms with Gasteiger partial charge < -0.3 is 10.8 Å².